The Balaban J connectivity index is 1.33. The van der Waals surface area contributed by atoms with Crippen molar-refractivity contribution in [2.45, 2.75) is 19.4 Å². The summed E-state index contributed by atoms with van der Waals surface area (Å²) in [6.07, 6.45) is 1.03. The van der Waals surface area contributed by atoms with Crippen molar-refractivity contribution >= 4 is 28.9 Å². The lowest BCUT2D eigenvalue weighted by Gasteiger charge is -2.40. The highest BCUT2D eigenvalue weighted by atomic mass is 35.5. The zero-order valence-electron chi connectivity index (χ0n) is 19.0. The van der Waals surface area contributed by atoms with Gasteiger partial charge in [0, 0.05) is 42.8 Å². The van der Waals surface area contributed by atoms with Gasteiger partial charge in [0.05, 0.1) is 11.7 Å². The number of phenols is 1. The van der Waals surface area contributed by atoms with Gasteiger partial charge in [-0.1, -0.05) is 53.5 Å². The number of nitrogens with zero attached hydrogens (tertiary/aromatic N) is 2. The first-order valence-corrected chi connectivity index (χ1v) is 12.3. The Morgan fingerprint density at radius 3 is 2.00 bits per heavy atom. The molecule has 0 aliphatic carbocycles. The van der Waals surface area contributed by atoms with Gasteiger partial charge in [-0.15, -0.1) is 0 Å². The molecule has 0 unspecified atom stereocenters. The Labute approximate surface area is 206 Å². The van der Waals surface area contributed by atoms with Gasteiger partial charge in [0.1, 0.15) is 5.75 Å². The first-order chi connectivity index (χ1) is 16.0. The van der Waals surface area contributed by atoms with Gasteiger partial charge >= 0.3 is 0 Å². The fraction of sp³-hybridized carbons (Fsp3) is 0.333. The molecular formula is C27H31Cl2N3O. The van der Waals surface area contributed by atoms with Crippen LogP contribution < -0.4 is 5.32 Å². The maximum Gasteiger partial charge on any atom is 0.138 e. The summed E-state index contributed by atoms with van der Waals surface area (Å²) in [4.78, 5) is 5.07. The summed E-state index contributed by atoms with van der Waals surface area (Å²) in [5.41, 5.74) is 4.45. The van der Waals surface area contributed by atoms with Gasteiger partial charge in [-0.2, -0.15) is 0 Å². The maximum atomic E-state index is 9.99. The molecule has 1 aliphatic heterocycles. The van der Waals surface area contributed by atoms with Gasteiger partial charge in [-0.25, -0.2) is 0 Å². The van der Waals surface area contributed by atoms with E-state index in [1.165, 1.54) is 11.1 Å². The Bertz CT molecular complexity index is 987. The lowest BCUT2D eigenvalue weighted by Crippen LogP contribution is -2.48. The molecule has 0 saturated carbocycles. The van der Waals surface area contributed by atoms with Crippen LogP contribution in [0, 0.1) is 6.92 Å². The largest absolute Gasteiger partial charge is 0.506 e. The lowest BCUT2D eigenvalue weighted by atomic mass is 9.96. The number of rotatable bonds is 8. The minimum Gasteiger partial charge on any atom is -0.506 e. The van der Waals surface area contributed by atoms with Crippen LogP contribution in [-0.4, -0.2) is 54.2 Å². The van der Waals surface area contributed by atoms with Crippen LogP contribution in [0.5, 0.6) is 5.75 Å². The molecule has 0 atom stereocenters. The highest BCUT2D eigenvalue weighted by molar-refractivity contribution is 6.30. The standard InChI is InChI=1S/C27H31Cl2N3O/c1-20-3-12-26(33)25(19-20)30-13-2-14-31-15-17-32(18-16-31)27(21-4-8-23(28)9-5-21)22-6-10-24(29)11-7-22/h3-12,19,27,30,33H,2,13-18H2,1H3. The number of hydrogen-bond donors (Lipinski definition) is 2. The molecule has 0 bridgehead atoms. The second-order valence-electron chi connectivity index (χ2n) is 8.68. The van der Waals surface area contributed by atoms with Crippen LogP contribution in [0.2, 0.25) is 10.0 Å². The van der Waals surface area contributed by atoms with Gasteiger partial charge in [0.25, 0.3) is 0 Å². The van der Waals surface area contributed by atoms with E-state index in [0.717, 1.165) is 67.0 Å². The fourth-order valence-corrected chi connectivity index (χ4v) is 4.72. The molecule has 2 N–H and O–H groups in total. The number of aromatic hydroxyl groups is 1. The van der Waals surface area contributed by atoms with Crippen molar-refractivity contribution in [3.05, 3.63) is 93.5 Å². The van der Waals surface area contributed by atoms with Crippen LogP contribution >= 0.6 is 23.2 Å². The first kappa shape index (κ1) is 23.9. The summed E-state index contributed by atoms with van der Waals surface area (Å²) in [6, 6.07) is 22.2. The third kappa shape index (κ3) is 6.42. The SMILES string of the molecule is Cc1ccc(O)c(NCCCN2CCN(C(c3ccc(Cl)cc3)c3ccc(Cl)cc3)CC2)c1. The molecule has 4 rings (SSSR count). The van der Waals surface area contributed by atoms with Crippen molar-refractivity contribution in [1.82, 2.24) is 9.80 Å². The molecule has 0 radical (unpaired) electrons. The Hall–Kier alpha value is -2.24. The van der Waals surface area contributed by atoms with E-state index in [0.29, 0.717) is 5.75 Å². The normalized spacial score (nSPS) is 15.2. The molecule has 3 aromatic rings. The number of anilines is 1. The highest BCUT2D eigenvalue weighted by Gasteiger charge is 2.26. The van der Waals surface area contributed by atoms with E-state index >= 15 is 0 Å². The summed E-state index contributed by atoms with van der Waals surface area (Å²) in [5.74, 6) is 0.310. The van der Waals surface area contributed by atoms with Gasteiger partial charge in [0.15, 0.2) is 0 Å². The minimum atomic E-state index is 0.188. The quantitative estimate of drug-likeness (QED) is 0.294. The third-order valence-corrected chi connectivity index (χ3v) is 6.77. The zero-order valence-corrected chi connectivity index (χ0v) is 20.5. The Morgan fingerprint density at radius 1 is 0.848 bits per heavy atom. The monoisotopic (exact) mass is 483 g/mol. The molecule has 0 spiro atoms. The molecule has 1 aliphatic rings. The summed E-state index contributed by atoms with van der Waals surface area (Å²) < 4.78 is 0. The Kier molecular flexibility index (Phi) is 8.15. The molecule has 6 heteroatoms. The number of benzene rings is 3. The number of nitrogens with one attached hydrogen (secondary N) is 1. The predicted molar refractivity (Wildman–Crippen MR) is 139 cm³/mol. The molecule has 3 aromatic carbocycles. The van der Waals surface area contributed by atoms with Crippen molar-refractivity contribution in [1.29, 1.82) is 0 Å². The van der Waals surface area contributed by atoms with Crippen molar-refractivity contribution in [2.75, 3.05) is 44.6 Å². The van der Waals surface area contributed by atoms with E-state index in [-0.39, 0.29) is 6.04 Å². The predicted octanol–water partition coefficient (Wildman–Crippen LogP) is 6.22. The molecule has 33 heavy (non-hydrogen) atoms. The van der Waals surface area contributed by atoms with E-state index in [1.807, 2.05) is 43.3 Å². The van der Waals surface area contributed by atoms with E-state index < -0.39 is 0 Å². The number of halogens is 2. The van der Waals surface area contributed by atoms with Gasteiger partial charge in [-0.05, 0) is 73.0 Å². The molecule has 4 nitrogen and oxygen atoms in total. The molecule has 1 heterocycles. The van der Waals surface area contributed by atoms with Crippen LogP contribution in [0.1, 0.15) is 29.2 Å². The number of phenolic OH excluding ortho intramolecular Hbond substituents is 1. The summed E-state index contributed by atoms with van der Waals surface area (Å²) in [7, 11) is 0. The summed E-state index contributed by atoms with van der Waals surface area (Å²) in [6.45, 7) is 7.99. The van der Waals surface area contributed by atoms with Crippen LogP contribution in [0.3, 0.4) is 0 Å². The first-order valence-electron chi connectivity index (χ1n) is 11.5. The highest BCUT2D eigenvalue weighted by Crippen LogP contribution is 2.31. The topological polar surface area (TPSA) is 38.7 Å². The number of piperazine rings is 1. The van der Waals surface area contributed by atoms with E-state index in [9.17, 15) is 5.11 Å². The molecule has 0 aromatic heterocycles. The number of hydrogen-bond acceptors (Lipinski definition) is 4. The average Bonchev–Trinajstić information content (AvgIpc) is 2.82. The van der Waals surface area contributed by atoms with Crippen molar-refractivity contribution in [3.8, 4) is 5.75 Å². The molecule has 0 amide bonds. The van der Waals surface area contributed by atoms with Crippen LogP contribution in [0.25, 0.3) is 0 Å². The summed E-state index contributed by atoms with van der Waals surface area (Å²) >= 11 is 12.3. The van der Waals surface area contributed by atoms with Crippen LogP contribution in [0.4, 0.5) is 5.69 Å². The van der Waals surface area contributed by atoms with Gasteiger partial charge < -0.3 is 15.3 Å². The molecule has 1 saturated heterocycles. The summed E-state index contributed by atoms with van der Waals surface area (Å²) in [5, 5.41) is 14.9. The number of aryl methyl sites for hydroxylation is 1. The minimum absolute atomic E-state index is 0.188. The van der Waals surface area contributed by atoms with E-state index in [2.05, 4.69) is 39.4 Å². The van der Waals surface area contributed by atoms with Crippen molar-refractivity contribution < 1.29 is 5.11 Å². The van der Waals surface area contributed by atoms with Gasteiger partial charge in [-0.3, -0.25) is 4.90 Å². The smallest absolute Gasteiger partial charge is 0.138 e. The van der Waals surface area contributed by atoms with Gasteiger partial charge in [0.2, 0.25) is 0 Å². The van der Waals surface area contributed by atoms with Crippen LogP contribution in [-0.2, 0) is 0 Å². The molecule has 1 fully saturated rings. The average molecular weight is 484 g/mol. The second kappa shape index (κ2) is 11.3. The van der Waals surface area contributed by atoms with E-state index in [4.69, 9.17) is 23.2 Å². The molecular weight excluding hydrogens is 453 g/mol. The maximum absolute atomic E-state index is 9.99. The third-order valence-electron chi connectivity index (χ3n) is 6.26. The van der Waals surface area contributed by atoms with Crippen molar-refractivity contribution in [3.63, 3.8) is 0 Å². The lowest BCUT2D eigenvalue weighted by molar-refractivity contribution is 0.109. The van der Waals surface area contributed by atoms with Crippen molar-refractivity contribution in [2.24, 2.45) is 0 Å². The fourth-order valence-electron chi connectivity index (χ4n) is 4.47. The second-order valence-corrected chi connectivity index (χ2v) is 9.56. The zero-order chi connectivity index (χ0) is 23.2. The molecule has 174 valence electrons. The Morgan fingerprint density at radius 2 is 1.42 bits per heavy atom. The van der Waals surface area contributed by atoms with Crippen LogP contribution in [0.15, 0.2) is 66.7 Å². The van der Waals surface area contributed by atoms with E-state index in [1.54, 1.807) is 6.07 Å².